The molecular formula is C18H15N5O3. The molecule has 8 nitrogen and oxygen atoms in total. The van der Waals surface area contributed by atoms with Gasteiger partial charge in [-0.25, -0.2) is 4.98 Å². The summed E-state index contributed by atoms with van der Waals surface area (Å²) in [7, 11) is 0. The lowest BCUT2D eigenvalue weighted by Gasteiger charge is -2.23. The van der Waals surface area contributed by atoms with Crippen LogP contribution in [0.1, 0.15) is 21.8 Å². The second-order valence-electron chi connectivity index (χ2n) is 5.90. The average Bonchev–Trinajstić information content (AvgIpc) is 3.31. The normalized spacial score (nSPS) is 16.4. The maximum absolute atomic E-state index is 12.7. The highest BCUT2D eigenvalue weighted by atomic mass is 16.5. The number of furan rings is 1. The van der Waals surface area contributed by atoms with Gasteiger partial charge in [-0.05, 0) is 24.3 Å². The van der Waals surface area contributed by atoms with E-state index in [1.165, 1.54) is 12.5 Å². The van der Waals surface area contributed by atoms with E-state index in [9.17, 15) is 4.79 Å². The van der Waals surface area contributed by atoms with Crippen LogP contribution >= 0.6 is 0 Å². The zero-order valence-electron chi connectivity index (χ0n) is 13.8. The number of nitriles is 1. The Bertz CT molecular complexity index is 940. The number of nitrogens with zero attached hydrogens (tertiary/aromatic N) is 5. The molecule has 130 valence electrons. The summed E-state index contributed by atoms with van der Waals surface area (Å²) in [5.74, 6) is 0.481. The molecule has 4 heterocycles. The summed E-state index contributed by atoms with van der Waals surface area (Å²) in [6, 6.07) is 10.5. The molecular weight excluding hydrogens is 334 g/mol. The van der Waals surface area contributed by atoms with Crippen molar-refractivity contribution < 1.29 is 13.9 Å². The molecule has 0 bridgehead atoms. The summed E-state index contributed by atoms with van der Waals surface area (Å²) in [5, 5.41) is 13.2. The van der Waals surface area contributed by atoms with Gasteiger partial charge in [-0.2, -0.15) is 10.4 Å². The summed E-state index contributed by atoms with van der Waals surface area (Å²) < 4.78 is 13.0. The molecule has 4 rings (SSSR count). The Morgan fingerprint density at radius 2 is 2.23 bits per heavy atom. The minimum absolute atomic E-state index is 0.203. The number of ether oxygens (including phenoxy) is 1. The van der Waals surface area contributed by atoms with Crippen LogP contribution in [0.25, 0.3) is 0 Å². The predicted octanol–water partition coefficient (Wildman–Crippen LogP) is 1.85. The molecule has 0 unspecified atom stereocenters. The molecule has 0 fully saturated rings. The first-order chi connectivity index (χ1) is 12.7. The number of aromatic nitrogens is 3. The van der Waals surface area contributed by atoms with Gasteiger partial charge >= 0.3 is 0 Å². The van der Waals surface area contributed by atoms with Crippen molar-refractivity contribution in [1.82, 2.24) is 19.7 Å². The van der Waals surface area contributed by atoms with Gasteiger partial charge in [0.1, 0.15) is 12.2 Å². The van der Waals surface area contributed by atoms with E-state index in [1.54, 1.807) is 35.4 Å². The number of pyridine rings is 1. The fourth-order valence-corrected chi connectivity index (χ4v) is 2.89. The van der Waals surface area contributed by atoms with Gasteiger partial charge < -0.3 is 14.1 Å². The van der Waals surface area contributed by atoms with Gasteiger partial charge in [0.2, 0.25) is 5.88 Å². The smallest absolute Gasteiger partial charge is 0.290 e. The molecule has 0 saturated carbocycles. The van der Waals surface area contributed by atoms with Crippen molar-refractivity contribution in [2.45, 2.75) is 19.2 Å². The summed E-state index contributed by atoms with van der Waals surface area (Å²) in [6.45, 7) is 1.27. The Morgan fingerprint density at radius 1 is 1.31 bits per heavy atom. The standard InChI is InChI=1S/C18H15N5O3/c19-8-13-3-4-17(20-9-13)26-15-11-22(18(24)16-2-1-7-25-16)10-14-5-6-21-23(14)12-15/h1-7,9,15H,10-12H2/t15-/m0/s1. The van der Waals surface area contributed by atoms with E-state index in [0.29, 0.717) is 31.1 Å². The van der Waals surface area contributed by atoms with Crippen LogP contribution in [0.3, 0.4) is 0 Å². The molecule has 8 heteroatoms. The number of fused-ring (bicyclic) bond motifs is 1. The molecule has 1 aliphatic heterocycles. The van der Waals surface area contributed by atoms with Crippen LogP contribution in [0.4, 0.5) is 0 Å². The molecule has 0 radical (unpaired) electrons. The highest BCUT2D eigenvalue weighted by molar-refractivity contribution is 5.91. The fourth-order valence-electron chi connectivity index (χ4n) is 2.89. The Balaban J connectivity index is 1.57. The second kappa shape index (κ2) is 6.72. The molecule has 3 aromatic rings. The molecule has 0 spiro atoms. The van der Waals surface area contributed by atoms with Gasteiger partial charge in [-0.15, -0.1) is 0 Å². The van der Waals surface area contributed by atoms with Crippen LogP contribution in [0.5, 0.6) is 5.88 Å². The maximum atomic E-state index is 12.7. The fraction of sp³-hybridized carbons (Fsp3) is 0.222. The molecule has 3 aromatic heterocycles. The van der Waals surface area contributed by atoms with E-state index in [4.69, 9.17) is 14.4 Å². The summed E-state index contributed by atoms with van der Waals surface area (Å²) in [5.41, 5.74) is 1.38. The third kappa shape index (κ3) is 3.15. The monoisotopic (exact) mass is 349 g/mol. The Morgan fingerprint density at radius 3 is 2.96 bits per heavy atom. The molecule has 26 heavy (non-hydrogen) atoms. The topological polar surface area (TPSA) is 97.2 Å². The van der Waals surface area contributed by atoms with E-state index >= 15 is 0 Å². The van der Waals surface area contributed by atoms with Gasteiger partial charge in [-0.1, -0.05) is 0 Å². The first-order valence-electron chi connectivity index (χ1n) is 8.09. The number of rotatable bonds is 3. The SMILES string of the molecule is N#Cc1ccc(O[C@H]2CN(C(=O)c3ccco3)Cc3ccnn3C2)nc1. The largest absolute Gasteiger partial charge is 0.470 e. The minimum Gasteiger partial charge on any atom is -0.470 e. The second-order valence-corrected chi connectivity index (χ2v) is 5.90. The van der Waals surface area contributed by atoms with Crippen molar-refractivity contribution in [1.29, 1.82) is 5.26 Å². The van der Waals surface area contributed by atoms with Crippen LogP contribution < -0.4 is 4.74 Å². The molecule has 1 aliphatic rings. The van der Waals surface area contributed by atoms with Crippen LogP contribution in [-0.2, 0) is 13.1 Å². The third-order valence-electron chi connectivity index (χ3n) is 4.13. The lowest BCUT2D eigenvalue weighted by Crippen LogP contribution is -2.38. The van der Waals surface area contributed by atoms with Crippen LogP contribution in [0, 0.1) is 11.3 Å². The van der Waals surface area contributed by atoms with Crippen molar-refractivity contribution in [2.24, 2.45) is 0 Å². The first-order valence-corrected chi connectivity index (χ1v) is 8.09. The van der Waals surface area contributed by atoms with E-state index in [-0.39, 0.29) is 17.8 Å². The van der Waals surface area contributed by atoms with Crippen molar-refractivity contribution in [3.63, 3.8) is 0 Å². The maximum Gasteiger partial charge on any atom is 0.290 e. The molecule has 0 aliphatic carbocycles. The summed E-state index contributed by atoms with van der Waals surface area (Å²) in [4.78, 5) is 18.5. The van der Waals surface area contributed by atoms with Crippen LogP contribution in [0.2, 0.25) is 0 Å². The lowest BCUT2D eigenvalue weighted by atomic mass is 10.3. The Hall–Kier alpha value is -3.60. The zero-order chi connectivity index (χ0) is 17.9. The number of hydrogen-bond acceptors (Lipinski definition) is 6. The van der Waals surface area contributed by atoms with E-state index in [0.717, 1.165) is 5.69 Å². The Kier molecular flexibility index (Phi) is 4.11. The van der Waals surface area contributed by atoms with Crippen molar-refractivity contribution in [3.05, 3.63) is 66.0 Å². The highest BCUT2D eigenvalue weighted by Crippen LogP contribution is 2.18. The number of amides is 1. The Labute approximate surface area is 149 Å². The van der Waals surface area contributed by atoms with Gasteiger partial charge in [-0.3, -0.25) is 9.48 Å². The quantitative estimate of drug-likeness (QED) is 0.716. The average molecular weight is 349 g/mol. The minimum atomic E-state index is -0.338. The van der Waals surface area contributed by atoms with Crippen LogP contribution in [0.15, 0.2) is 53.4 Å². The zero-order valence-corrected chi connectivity index (χ0v) is 13.8. The van der Waals surface area contributed by atoms with Crippen molar-refractivity contribution in [3.8, 4) is 11.9 Å². The van der Waals surface area contributed by atoms with Gasteiger partial charge in [0.15, 0.2) is 5.76 Å². The van der Waals surface area contributed by atoms with Crippen LogP contribution in [-0.4, -0.2) is 38.2 Å². The number of hydrogen-bond donors (Lipinski definition) is 0. The summed E-state index contributed by atoms with van der Waals surface area (Å²) in [6.07, 6.45) is 4.30. The molecule has 0 aromatic carbocycles. The summed E-state index contributed by atoms with van der Waals surface area (Å²) >= 11 is 0. The molecule has 0 saturated heterocycles. The van der Waals surface area contributed by atoms with Crippen molar-refractivity contribution >= 4 is 5.91 Å². The molecule has 0 N–H and O–H groups in total. The molecule has 1 amide bonds. The third-order valence-corrected chi connectivity index (χ3v) is 4.13. The van der Waals surface area contributed by atoms with E-state index in [2.05, 4.69) is 10.1 Å². The number of carbonyl (C=O) groups excluding carboxylic acids is 1. The predicted molar refractivity (Wildman–Crippen MR) is 89.0 cm³/mol. The van der Waals surface area contributed by atoms with Gasteiger partial charge in [0.25, 0.3) is 5.91 Å². The number of carbonyl (C=O) groups is 1. The van der Waals surface area contributed by atoms with E-state index < -0.39 is 0 Å². The highest BCUT2D eigenvalue weighted by Gasteiger charge is 2.28. The first kappa shape index (κ1) is 15.9. The van der Waals surface area contributed by atoms with Gasteiger partial charge in [0, 0.05) is 18.5 Å². The van der Waals surface area contributed by atoms with Crippen molar-refractivity contribution in [2.75, 3.05) is 6.54 Å². The molecule has 1 atom stereocenters. The lowest BCUT2D eigenvalue weighted by molar-refractivity contribution is 0.0614. The van der Waals surface area contributed by atoms with E-state index in [1.807, 2.05) is 16.8 Å². The van der Waals surface area contributed by atoms with Gasteiger partial charge in [0.05, 0.1) is 37.2 Å².